The number of amides is 1. The van der Waals surface area contributed by atoms with Crippen LogP contribution >= 0.6 is 0 Å². The van der Waals surface area contributed by atoms with E-state index < -0.39 is 33.5 Å². The maximum atomic E-state index is 12.7. The minimum absolute atomic E-state index is 0.118. The number of hydrogen-bond donors (Lipinski definition) is 0. The predicted molar refractivity (Wildman–Crippen MR) is 94.0 cm³/mol. The molecule has 144 valence electrons. The first-order valence-electron chi connectivity index (χ1n) is 8.44. The highest BCUT2D eigenvalue weighted by molar-refractivity contribution is 7.91. The third-order valence-electron chi connectivity index (χ3n) is 4.61. The van der Waals surface area contributed by atoms with Crippen molar-refractivity contribution in [3.63, 3.8) is 0 Å². The van der Waals surface area contributed by atoms with Crippen LogP contribution in [0.15, 0.2) is 59.5 Å². The number of nitrogens with zero attached hydrogens (tertiary/aromatic N) is 1. The van der Waals surface area contributed by atoms with Gasteiger partial charge in [-0.2, -0.15) is 13.2 Å². The van der Waals surface area contributed by atoms with E-state index in [9.17, 15) is 26.4 Å². The number of rotatable bonds is 4. The Kier molecular flexibility index (Phi) is 5.28. The first-order chi connectivity index (χ1) is 12.7. The number of hydrogen-bond acceptors (Lipinski definition) is 3. The summed E-state index contributed by atoms with van der Waals surface area (Å²) in [6, 6.07) is 11.5. The second-order valence-electron chi connectivity index (χ2n) is 6.46. The third-order valence-corrected chi connectivity index (χ3v) is 6.43. The van der Waals surface area contributed by atoms with Crippen LogP contribution in [0.1, 0.15) is 28.8 Å². The van der Waals surface area contributed by atoms with E-state index in [1.165, 1.54) is 17.0 Å². The van der Waals surface area contributed by atoms with Crippen LogP contribution in [0.2, 0.25) is 0 Å². The van der Waals surface area contributed by atoms with Crippen molar-refractivity contribution in [2.45, 2.75) is 30.0 Å². The number of alkyl halides is 3. The molecule has 8 heteroatoms. The lowest BCUT2D eigenvalue weighted by molar-refractivity contribution is -0.137. The van der Waals surface area contributed by atoms with Crippen molar-refractivity contribution >= 4 is 15.7 Å². The minimum atomic E-state index is -4.47. The van der Waals surface area contributed by atoms with Gasteiger partial charge in [-0.05, 0) is 49.2 Å². The molecule has 4 nitrogen and oxygen atoms in total. The second kappa shape index (κ2) is 7.34. The zero-order valence-corrected chi connectivity index (χ0v) is 15.1. The molecule has 3 rings (SSSR count). The van der Waals surface area contributed by atoms with E-state index >= 15 is 0 Å². The van der Waals surface area contributed by atoms with Gasteiger partial charge in [0.05, 0.1) is 16.2 Å². The van der Waals surface area contributed by atoms with Gasteiger partial charge in [0.15, 0.2) is 9.84 Å². The molecule has 0 aromatic heterocycles. The highest BCUT2D eigenvalue weighted by atomic mass is 32.2. The standard InChI is InChI=1S/C19H18F3NO3S/c20-19(21,22)15-10-8-14(9-11-15)18(24)23-12-4-5-16(23)13-27(25,26)17-6-2-1-3-7-17/h1-3,6-11,16H,4-5,12-13H2/t16-/m0/s1. The molecule has 0 bridgehead atoms. The Morgan fingerprint density at radius 1 is 1.04 bits per heavy atom. The molecule has 1 fully saturated rings. The van der Waals surface area contributed by atoms with Crippen molar-refractivity contribution in [2.24, 2.45) is 0 Å². The quantitative estimate of drug-likeness (QED) is 0.789. The van der Waals surface area contributed by atoms with Gasteiger partial charge in [-0.3, -0.25) is 4.79 Å². The Hall–Kier alpha value is -2.35. The molecule has 1 saturated heterocycles. The molecular weight excluding hydrogens is 379 g/mol. The van der Waals surface area contributed by atoms with Gasteiger partial charge in [-0.15, -0.1) is 0 Å². The third kappa shape index (κ3) is 4.32. The highest BCUT2D eigenvalue weighted by Gasteiger charge is 2.34. The van der Waals surface area contributed by atoms with E-state index in [0.717, 1.165) is 24.3 Å². The summed E-state index contributed by atoms with van der Waals surface area (Å²) in [6.07, 6.45) is -3.28. The fraction of sp³-hybridized carbons (Fsp3) is 0.316. The van der Waals surface area contributed by atoms with E-state index in [2.05, 4.69) is 0 Å². The molecule has 0 unspecified atom stereocenters. The van der Waals surface area contributed by atoms with Crippen molar-refractivity contribution < 1.29 is 26.4 Å². The van der Waals surface area contributed by atoms with E-state index in [1.807, 2.05) is 0 Å². The van der Waals surface area contributed by atoms with Gasteiger partial charge in [0.1, 0.15) is 0 Å². The van der Waals surface area contributed by atoms with Crippen molar-refractivity contribution in [3.05, 3.63) is 65.7 Å². The van der Waals surface area contributed by atoms with Crippen molar-refractivity contribution in [1.82, 2.24) is 4.90 Å². The molecule has 1 atom stereocenters. The van der Waals surface area contributed by atoms with Gasteiger partial charge in [0.2, 0.25) is 0 Å². The van der Waals surface area contributed by atoms with Crippen LogP contribution in [0.4, 0.5) is 13.2 Å². The average molecular weight is 397 g/mol. The van der Waals surface area contributed by atoms with Gasteiger partial charge in [0, 0.05) is 18.2 Å². The van der Waals surface area contributed by atoms with Gasteiger partial charge in [0.25, 0.3) is 5.91 Å². The average Bonchev–Trinajstić information content (AvgIpc) is 3.08. The molecule has 0 aliphatic carbocycles. The van der Waals surface area contributed by atoms with E-state index in [1.54, 1.807) is 18.2 Å². The summed E-state index contributed by atoms with van der Waals surface area (Å²) in [4.78, 5) is 14.3. The van der Waals surface area contributed by atoms with E-state index in [0.29, 0.717) is 19.4 Å². The summed E-state index contributed by atoms with van der Waals surface area (Å²) in [7, 11) is -3.56. The van der Waals surface area contributed by atoms with Crippen molar-refractivity contribution in [2.75, 3.05) is 12.3 Å². The number of carbonyl (C=O) groups is 1. The molecule has 2 aromatic rings. The molecular formula is C19H18F3NO3S. The van der Waals surface area contributed by atoms with Gasteiger partial charge < -0.3 is 4.90 Å². The van der Waals surface area contributed by atoms with Crippen LogP contribution < -0.4 is 0 Å². The summed E-state index contributed by atoms with van der Waals surface area (Å²) in [5, 5.41) is 0. The second-order valence-corrected chi connectivity index (χ2v) is 8.50. The molecule has 1 heterocycles. The molecule has 1 amide bonds. The minimum Gasteiger partial charge on any atom is -0.335 e. The molecule has 27 heavy (non-hydrogen) atoms. The van der Waals surface area contributed by atoms with Crippen molar-refractivity contribution in [1.29, 1.82) is 0 Å². The maximum absolute atomic E-state index is 12.7. The molecule has 2 aromatic carbocycles. The van der Waals surface area contributed by atoms with Crippen LogP contribution in [0.25, 0.3) is 0 Å². The monoisotopic (exact) mass is 397 g/mol. The largest absolute Gasteiger partial charge is 0.416 e. The lowest BCUT2D eigenvalue weighted by Crippen LogP contribution is -2.39. The molecule has 1 aliphatic heterocycles. The summed E-state index contributed by atoms with van der Waals surface area (Å²) in [5.41, 5.74) is -0.712. The molecule has 0 saturated carbocycles. The lowest BCUT2D eigenvalue weighted by atomic mass is 10.1. The molecule has 0 N–H and O–H groups in total. The molecule has 0 radical (unpaired) electrons. The predicted octanol–water partition coefficient (Wildman–Crippen LogP) is 3.78. The zero-order chi connectivity index (χ0) is 19.7. The Bertz CT molecular complexity index is 909. The Balaban J connectivity index is 1.77. The van der Waals surface area contributed by atoms with Crippen LogP contribution in [-0.2, 0) is 16.0 Å². The molecule has 1 aliphatic rings. The lowest BCUT2D eigenvalue weighted by Gasteiger charge is -2.25. The maximum Gasteiger partial charge on any atom is 0.416 e. The van der Waals surface area contributed by atoms with Gasteiger partial charge in [-0.25, -0.2) is 8.42 Å². The Labute approximate surface area is 155 Å². The number of sulfone groups is 1. The smallest absolute Gasteiger partial charge is 0.335 e. The van der Waals surface area contributed by atoms with Crippen LogP contribution in [-0.4, -0.2) is 37.6 Å². The normalized spacial score (nSPS) is 17.9. The highest BCUT2D eigenvalue weighted by Crippen LogP contribution is 2.30. The summed E-state index contributed by atoms with van der Waals surface area (Å²) < 4.78 is 63.2. The number of halogens is 3. The van der Waals surface area contributed by atoms with Crippen LogP contribution in [0.3, 0.4) is 0 Å². The SMILES string of the molecule is O=C(c1ccc(C(F)(F)F)cc1)N1CCC[C@H]1CS(=O)(=O)c1ccccc1. The van der Waals surface area contributed by atoms with E-state index in [4.69, 9.17) is 0 Å². The first-order valence-corrected chi connectivity index (χ1v) is 10.1. The molecule has 0 spiro atoms. The Morgan fingerprint density at radius 2 is 1.67 bits per heavy atom. The van der Waals surface area contributed by atoms with E-state index in [-0.39, 0.29) is 16.2 Å². The van der Waals surface area contributed by atoms with Crippen molar-refractivity contribution in [3.8, 4) is 0 Å². The summed E-state index contributed by atoms with van der Waals surface area (Å²) in [6.45, 7) is 0.384. The van der Waals surface area contributed by atoms with Gasteiger partial charge >= 0.3 is 6.18 Å². The fourth-order valence-electron chi connectivity index (χ4n) is 3.22. The summed E-state index contributed by atoms with van der Waals surface area (Å²) >= 11 is 0. The summed E-state index contributed by atoms with van der Waals surface area (Å²) in [5.74, 6) is -0.655. The number of benzene rings is 2. The fourth-order valence-corrected chi connectivity index (χ4v) is 4.84. The number of carbonyl (C=O) groups excluding carboxylic acids is 1. The Morgan fingerprint density at radius 3 is 2.26 bits per heavy atom. The topological polar surface area (TPSA) is 54.5 Å². The van der Waals surface area contributed by atoms with Crippen LogP contribution in [0.5, 0.6) is 0 Å². The number of likely N-dealkylation sites (tertiary alicyclic amines) is 1. The zero-order valence-electron chi connectivity index (χ0n) is 14.3. The first kappa shape index (κ1) is 19.4. The van der Waals surface area contributed by atoms with Crippen LogP contribution in [0, 0.1) is 0 Å². The van der Waals surface area contributed by atoms with Gasteiger partial charge in [-0.1, -0.05) is 18.2 Å².